The second-order valence-electron chi connectivity index (χ2n) is 3.43. The SMILES string of the molecule is CC(C=CCP(=O)(O)O)(P(=O)(O)O)P(=O)(O)O. The fourth-order valence-electron chi connectivity index (χ4n) is 0.777. The molecule has 0 amide bonds. The zero-order valence-corrected chi connectivity index (χ0v) is 11.3. The van der Waals surface area contributed by atoms with Crippen molar-refractivity contribution in [1.82, 2.24) is 0 Å². The quantitative estimate of drug-likeness (QED) is 0.296. The molecule has 0 aliphatic rings. The molecule has 0 aliphatic heterocycles. The van der Waals surface area contributed by atoms with Crippen LogP contribution in [-0.4, -0.2) is 40.4 Å². The van der Waals surface area contributed by atoms with E-state index in [1.54, 1.807) is 0 Å². The van der Waals surface area contributed by atoms with Crippen molar-refractivity contribution in [3.05, 3.63) is 12.2 Å². The van der Waals surface area contributed by atoms with Crippen molar-refractivity contribution in [2.75, 3.05) is 6.16 Å². The van der Waals surface area contributed by atoms with Crippen LogP contribution < -0.4 is 0 Å². The van der Waals surface area contributed by atoms with Crippen molar-refractivity contribution < 1.29 is 43.1 Å². The maximum absolute atomic E-state index is 11.0. The lowest BCUT2D eigenvalue weighted by molar-refractivity contribution is 0.326. The van der Waals surface area contributed by atoms with Gasteiger partial charge in [0.15, 0.2) is 4.90 Å². The van der Waals surface area contributed by atoms with Crippen LogP contribution in [0.1, 0.15) is 6.92 Å². The third-order valence-corrected chi connectivity index (χ3v) is 6.86. The van der Waals surface area contributed by atoms with Gasteiger partial charge in [0.2, 0.25) is 0 Å². The van der Waals surface area contributed by atoms with Gasteiger partial charge in [-0.25, -0.2) is 0 Å². The Bertz CT molecular complexity index is 414. The van der Waals surface area contributed by atoms with Gasteiger partial charge in [-0.2, -0.15) is 0 Å². The van der Waals surface area contributed by atoms with Crippen LogP contribution >= 0.6 is 22.8 Å². The van der Waals surface area contributed by atoms with E-state index in [0.717, 1.165) is 0 Å². The minimum atomic E-state index is -5.19. The first-order valence-electron chi connectivity index (χ1n) is 4.04. The second-order valence-corrected chi connectivity index (χ2v) is 9.51. The van der Waals surface area contributed by atoms with Crippen molar-refractivity contribution in [3.63, 3.8) is 0 Å². The lowest BCUT2D eigenvalue weighted by Crippen LogP contribution is -2.22. The molecule has 0 spiro atoms. The molecule has 102 valence electrons. The summed E-state index contributed by atoms with van der Waals surface area (Å²) in [4.78, 5) is 49.7. The molecule has 0 saturated heterocycles. The van der Waals surface area contributed by atoms with E-state index in [2.05, 4.69) is 0 Å². The molecule has 0 rings (SSSR count). The molecule has 0 aliphatic carbocycles. The summed E-state index contributed by atoms with van der Waals surface area (Å²) in [7, 11) is -14.8. The summed E-state index contributed by atoms with van der Waals surface area (Å²) in [6, 6.07) is 0. The van der Waals surface area contributed by atoms with E-state index in [4.69, 9.17) is 29.4 Å². The van der Waals surface area contributed by atoms with Crippen molar-refractivity contribution >= 4 is 22.8 Å². The van der Waals surface area contributed by atoms with Crippen molar-refractivity contribution in [3.8, 4) is 0 Å². The minimum Gasteiger partial charge on any atom is -0.324 e. The lowest BCUT2D eigenvalue weighted by Gasteiger charge is -2.27. The van der Waals surface area contributed by atoms with Crippen molar-refractivity contribution in [2.45, 2.75) is 11.8 Å². The van der Waals surface area contributed by atoms with Crippen molar-refractivity contribution in [1.29, 1.82) is 0 Å². The van der Waals surface area contributed by atoms with Gasteiger partial charge in [-0.15, -0.1) is 0 Å². The first kappa shape index (κ1) is 17.2. The van der Waals surface area contributed by atoms with E-state index in [-0.39, 0.29) is 0 Å². The van der Waals surface area contributed by atoms with Gasteiger partial charge >= 0.3 is 22.8 Å². The maximum Gasteiger partial charge on any atom is 0.347 e. The van der Waals surface area contributed by atoms with Gasteiger partial charge in [-0.1, -0.05) is 12.2 Å². The van der Waals surface area contributed by atoms with Gasteiger partial charge in [0.1, 0.15) is 0 Å². The van der Waals surface area contributed by atoms with Gasteiger partial charge in [-0.3, -0.25) is 13.7 Å². The summed E-state index contributed by atoms with van der Waals surface area (Å²) >= 11 is 0. The predicted molar refractivity (Wildman–Crippen MR) is 58.5 cm³/mol. The van der Waals surface area contributed by atoms with Gasteiger partial charge in [0.05, 0.1) is 6.16 Å². The number of allylic oxidation sites excluding steroid dienone is 2. The first-order chi connectivity index (χ1) is 7.21. The maximum atomic E-state index is 11.0. The molecule has 0 bridgehead atoms. The Hall–Kier alpha value is 0.190. The molecule has 0 unspecified atom stereocenters. The summed E-state index contributed by atoms with van der Waals surface area (Å²) in [5.41, 5.74) is 0. The largest absolute Gasteiger partial charge is 0.347 e. The summed E-state index contributed by atoms with van der Waals surface area (Å²) in [5.74, 6) is 0. The Kier molecular flexibility index (Phi) is 5.11. The lowest BCUT2D eigenvalue weighted by atomic mass is 10.4. The normalized spacial score (nSPS) is 15.5. The number of hydrogen-bond acceptors (Lipinski definition) is 3. The molecule has 0 atom stereocenters. The molecule has 12 heteroatoms. The van der Waals surface area contributed by atoms with Gasteiger partial charge in [0.25, 0.3) is 0 Å². The predicted octanol–water partition coefficient (Wildman–Crippen LogP) is -0.208. The van der Waals surface area contributed by atoms with Gasteiger partial charge in [0, 0.05) is 0 Å². The highest BCUT2D eigenvalue weighted by molar-refractivity contribution is 7.72. The standard InChI is InChI=1S/C5H13O9P3/c1-5(16(9,10)11,17(12,13)14)3-2-4-15(6,7)8/h2-3H,4H2,1H3,(H2,6,7,8)(H2,9,10,11)(H2,12,13,14). The van der Waals surface area contributed by atoms with Crippen LogP contribution in [0, 0.1) is 0 Å². The van der Waals surface area contributed by atoms with Gasteiger partial charge in [-0.05, 0) is 6.92 Å². The van der Waals surface area contributed by atoms with Crippen molar-refractivity contribution in [2.24, 2.45) is 0 Å². The average Bonchev–Trinajstić information content (AvgIpc) is 1.96. The third kappa shape index (κ3) is 4.75. The van der Waals surface area contributed by atoms with E-state index in [1.807, 2.05) is 0 Å². The van der Waals surface area contributed by atoms with Crippen LogP contribution in [-0.2, 0) is 13.7 Å². The fraction of sp³-hybridized carbons (Fsp3) is 0.600. The Morgan fingerprint density at radius 2 is 1.29 bits per heavy atom. The Labute approximate surface area is 96.7 Å². The Balaban J connectivity index is 5.36. The summed E-state index contributed by atoms with van der Waals surface area (Å²) < 4.78 is 32.5. The Morgan fingerprint density at radius 1 is 0.941 bits per heavy atom. The molecule has 9 nitrogen and oxygen atoms in total. The highest BCUT2D eigenvalue weighted by Crippen LogP contribution is 2.69. The Morgan fingerprint density at radius 3 is 1.53 bits per heavy atom. The van der Waals surface area contributed by atoms with E-state index in [0.29, 0.717) is 19.1 Å². The number of rotatable bonds is 5. The zero-order chi connectivity index (χ0) is 14.1. The first-order valence-corrected chi connectivity index (χ1v) is 9.06. The monoisotopic (exact) mass is 310 g/mol. The molecule has 0 aromatic heterocycles. The van der Waals surface area contributed by atoms with Crippen LogP contribution in [0.25, 0.3) is 0 Å². The second kappa shape index (κ2) is 5.05. The molecule has 0 aromatic rings. The minimum absolute atomic E-state index is 0.438. The highest BCUT2D eigenvalue weighted by atomic mass is 31.2. The van der Waals surface area contributed by atoms with E-state index < -0.39 is 33.8 Å². The van der Waals surface area contributed by atoms with Crippen LogP contribution in [0.5, 0.6) is 0 Å². The zero-order valence-electron chi connectivity index (χ0n) is 8.61. The number of hydrogen-bond donors (Lipinski definition) is 6. The molecular formula is C5H13O9P3. The van der Waals surface area contributed by atoms with E-state index in [9.17, 15) is 13.7 Å². The molecule has 17 heavy (non-hydrogen) atoms. The van der Waals surface area contributed by atoms with Crippen LogP contribution in [0.15, 0.2) is 12.2 Å². The molecule has 0 radical (unpaired) electrons. The van der Waals surface area contributed by atoms with Crippen LogP contribution in [0.2, 0.25) is 0 Å². The molecule has 0 heterocycles. The summed E-state index contributed by atoms with van der Waals surface area (Å²) in [6.07, 6.45) is 0.204. The average molecular weight is 310 g/mol. The summed E-state index contributed by atoms with van der Waals surface area (Å²) in [6.45, 7) is 0.616. The topological polar surface area (TPSA) is 173 Å². The third-order valence-electron chi connectivity index (χ3n) is 1.96. The summed E-state index contributed by atoms with van der Waals surface area (Å²) in [5, 5.41) is 0. The molecule has 0 aromatic carbocycles. The van der Waals surface area contributed by atoms with Crippen LogP contribution in [0.4, 0.5) is 0 Å². The highest BCUT2D eigenvalue weighted by Gasteiger charge is 2.54. The van der Waals surface area contributed by atoms with Gasteiger partial charge < -0.3 is 29.4 Å². The smallest absolute Gasteiger partial charge is 0.324 e. The van der Waals surface area contributed by atoms with Crippen LogP contribution in [0.3, 0.4) is 0 Å². The molecule has 0 fully saturated rings. The molecule has 6 N–H and O–H groups in total. The fourth-order valence-corrected chi connectivity index (χ4v) is 3.11. The van der Waals surface area contributed by atoms with E-state index >= 15 is 0 Å². The van der Waals surface area contributed by atoms with E-state index in [1.165, 1.54) is 0 Å². The molecular weight excluding hydrogens is 297 g/mol. The molecule has 0 saturated carbocycles.